The van der Waals surface area contributed by atoms with E-state index in [-0.39, 0.29) is 11.8 Å². The van der Waals surface area contributed by atoms with Crippen LogP contribution in [0.4, 0.5) is 0 Å². The molecule has 0 N–H and O–H groups in total. The molecule has 2 heterocycles. The van der Waals surface area contributed by atoms with Gasteiger partial charge in [-0.2, -0.15) is 0 Å². The van der Waals surface area contributed by atoms with Gasteiger partial charge in [0.1, 0.15) is 0 Å². The smallest absolute Gasteiger partial charge is 0.267 e. The van der Waals surface area contributed by atoms with Crippen molar-refractivity contribution in [2.24, 2.45) is 10.2 Å². The van der Waals surface area contributed by atoms with Crippen LogP contribution in [0.3, 0.4) is 0 Å². The van der Waals surface area contributed by atoms with E-state index in [2.05, 4.69) is 29.9 Å². The molecule has 1 aromatic carbocycles. The maximum Gasteiger partial charge on any atom is 0.267 e. The van der Waals surface area contributed by atoms with Crippen LogP contribution in [-0.4, -0.2) is 65.0 Å². The van der Waals surface area contributed by atoms with E-state index in [1.807, 2.05) is 30.3 Å². The largest absolute Gasteiger partial charge is 0.393 e. The van der Waals surface area contributed by atoms with Crippen LogP contribution in [0, 0.1) is 0 Å². The third kappa shape index (κ3) is 4.40. The third-order valence-electron chi connectivity index (χ3n) is 4.30. The first-order valence-electron chi connectivity index (χ1n) is 8.71. The molecule has 7 nitrogen and oxygen atoms in total. The fourth-order valence-corrected chi connectivity index (χ4v) is 6.98. The summed E-state index contributed by atoms with van der Waals surface area (Å²) in [7, 11) is -0.617. The van der Waals surface area contributed by atoms with Crippen LogP contribution in [-0.2, 0) is 14.0 Å². The van der Waals surface area contributed by atoms with Crippen molar-refractivity contribution in [3.63, 3.8) is 0 Å². The van der Waals surface area contributed by atoms with Crippen LogP contribution in [0.2, 0.25) is 13.1 Å². The number of hydrogen-bond donors (Lipinski definition) is 0. The molecule has 1 unspecified atom stereocenters. The maximum atomic E-state index is 12.9. The van der Waals surface area contributed by atoms with Crippen molar-refractivity contribution in [2.75, 3.05) is 19.3 Å². The van der Waals surface area contributed by atoms with Gasteiger partial charge in [0, 0.05) is 13.6 Å². The highest BCUT2D eigenvalue weighted by molar-refractivity contribution is 8.15. The average Bonchev–Trinajstić information content (AvgIpc) is 3.15. The summed E-state index contributed by atoms with van der Waals surface area (Å²) in [6.45, 7) is 8.18. The van der Waals surface area contributed by atoms with E-state index in [1.54, 1.807) is 13.1 Å². The summed E-state index contributed by atoms with van der Waals surface area (Å²) >= 11 is 2.57. The Kier molecular flexibility index (Phi) is 6.43. The molecule has 3 rings (SSSR count). The molecular formula is C18H22N4O3S2Si. The minimum Gasteiger partial charge on any atom is -0.393 e. The quantitative estimate of drug-likeness (QED) is 0.389. The van der Waals surface area contributed by atoms with Crippen LogP contribution in [0.1, 0.15) is 0 Å². The normalized spacial score (nSPS) is 23.3. The van der Waals surface area contributed by atoms with Gasteiger partial charge in [-0.15, -0.1) is 16.8 Å². The first kappa shape index (κ1) is 20.8. The van der Waals surface area contributed by atoms with Crippen LogP contribution >= 0.6 is 23.5 Å². The summed E-state index contributed by atoms with van der Waals surface area (Å²) < 4.78 is 6.29. The molecule has 28 heavy (non-hydrogen) atoms. The van der Waals surface area contributed by atoms with Crippen molar-refractivity contribution in [3.8, 4) is 0 Å². The summed E-state index contributed by atoms with van der Waals surface area (Å²) in [5, 5.41) is 10.5. The summed E-state index contributed by atoms with van der Waals surface area (Å²) in [5.74, 6) is 0.174. The topological polar surface area (TPSA) is 74.6 Å². The summed E-state index contributed by atoms with van der Waals surface area (Å²) in [4.78, 5) is 27.5. The lowest BCUT2D eigenvalue weighted by atomic mass is 10.4. The van der Waals surface area contributed by atoms with Crippen molar-refractivity contribution in [2.45, 2.75) is 18.5 Å². The fourth-order valence-electron chi connectivity index (χ4n) is 2.66. The second kappa shape index (κ2) is 8.64. The van der Waals surface area contributed by atoms with Gasteiger partial charge < -0.3 is 4.43 Å². The monoisotopic (exact) mass is 434 g/mol. The first-order chi connectivity index (χ1) is 13.3. The van der Waals surface area contributed by atoms with E-state index in [4.69, 9.17) is 4.43 Å². The molecule has 2 amide bonds. The molecule has 1 atom stereocenters. The third-order valence-corrected chi connectivity index (χ3v) is 9.05. The highest BCUT2D eigenvalue weighted by atomic mass is 32.2. The molecule has 2 fully saturated rings. The van der Waals surface area contributed by atoms with E-state index in [9.17, 15) is 9.59 Å². The average molecular weight is 435 g/mol. The maximum absolute atomic E-state index is 12.9. The summed E-state index contributed by atoms with van der Waals surface area (Å²) in [6.07, 6.45) is 1.64. The zero-order valence-corrected chi connectivity index (χ0v) is 18.6. The van der Waals surface area contributed by atoms with Crippen LogP contribution in [0.5, 0.6) is 0 Å². The van der Waals surface area contributed by atoms with Gasteiger partial charge in [-0.05, 0) is 30.0 Å². The van der Waals surface area contributed by atoms with Crippen molar-refractivity contribution in [1.82, 2.24) is 9.80 Å². The van der Waals surface area contributed by atoms with Gasteiger partial charge >= 0.3 is 0 Å². The summed E-state index contributed by atoms with van der Waals surface area (Å²) in [6, 6.07) is 9.97. The number of thioether (sulfide) groups is 2. The lowest BCUT2D eigenvalue weighted by molar-refractivity contribution is -0.130. The molecule has 0 spiro atoms. The molecule has 0 aliphatic carbocycles. The highest BCUT2D eigenvalue weighted by Gasteiger charge is 2.42. The molecule has 2 saturated heterocycles. The number of amides is 2. The molecule has 1 aromatic rings. The Morgan fingerprint density at radius 3 is 2.54 bits per heavy atom. The Labute approximate surface area is 174 Å². The van der Waals surface area contributed by atoms with Crippen LogP contribution < -0.4 is 5.19 Å². The highest BCUT2D eigenvalue weighted by Crippen LogP contribution is 2.31. The Hall–Kier alpha value is -1.88. The van der Waals surface area contributed by atoms with Gasteiger partial charge in [-0.25, -0.2) is 0 Å². The van der Waals surface area contributed by atoms with Crippen molar-refractivity contribution < 1.29 is 14.0 Å². The SMILES string of the molecule is C=CCN1C(=O)C(O[Si](C)(C)c2ccccc2)SC1=NN=C1SCC(=O)N1C. The van der Waals surface area contributed by atoms with Gasteiger partial charge in [0.25, 0.3) is 5.91 Å². The van der Waals surface area contributed by atoms with Gasteiger partial charge in [0.15, 0.2) is 15.8 Å². The Bertz CT molecular complexity index is 844. The second-order valence-corrected chi connectivity index (χ2v) is 12.5. The molecule has 0 bridgehead atoms. The predicted molar refractivity (Wildman–Crippen MR) is 118 cm³/mol. The number of carbonyl (C=O) groups excluding carboxylic acids is 2. The zero-order chi connectivity index (χ0) is 20.3. The fraction of sp³-hybridized carbons (Fsp3) is 0.333. The number of rotatable bonds is 6. The van der Waals surface area contributed by atoms with E-state index in [1.165, 1.54) is 33.3 Å². The zero-order valence-electron chi connectivity index (χ0n) is 16.0. The van der Waals surface area contributed by atoms with Gasteiger partial charge in [0.05, 0.1) is 5.75 Å². The van der Waals surface area contributed by atoms with Gasteiger partial charge in [-0.3, -0.25) is 19.4 Å². The minimum atomic E-state index is -2.28. The van der Waals surface area contributed by atoms with Crippen molar-refractivity contribution in [1.29, 1.82) is 0 Å². The number of hydrogen-bond acceptors (Lipinski definition) is 7. The number of benzene rings is 1. The summed E-state index contributed by atoms with van der Waals surface area (Å²) in [5.41, 5.74) is -0.670. The van der Waals surface area contributed by atoms with Crippen molar-refractivity contribution >= 4 is 59.2 Å². The molecule has 0 saturated carbocycles. The Balaban J connectivity index is 1.80. The predicted octanol–water partition coefficient (Wildman–Crippen LogP) is 2.03. The second-order valence-electron chi connectivity index (χ2n) is 6.69. The first-order valence-corrected chi connectivity index (χ1v) is 13.5. The number of nitrogens with zero attached hydrogens (tertiary/aromatic N) is 4. The molecular weight excluding hydrogens is 412 g/mol. The molecule has 148 valence electrons. The minimum absolute atomic E-state index is 0.0149. The van der Waals surface area contributed by atoms with Gasteiger partial charge in [-0.1, -0.05) is 48.2 Å². The Morgan fingerprint density at radius 1 is 1.25 bits per heavy atom. The lowest BCUT2D eigenvalue weighted by Crippen LogP contribution is -2.48. The number of carbonyl (C=O) groups is 2. The number of amidine groups is 2. The van der Waals surface area contributed by atoms with Crippen LogP contribution in [0.15, 0.2) is 53.2 Å². The van der Waals surface area contributed by atoms with E-state index >= 15 is 0 Å². The molecule has 2 aliphatic heterocycles. The molecule has 10 heteroatoms. The lowest BCUT2D eigenvalue weighted by Gasteiger charge is -2.25. The molecule has 0 aromatic heterocycles. The molecule has 0 radical (unpaired) electrons. The standard InChI is InChI=1S/C18H22N4O3S2Si/c1-5-11-22-15(24)16(25-28(3,4)13-9-7-6-8-10-13)27-18(22)20-19-17-21(2)14(23)12-26-17/h5-10,16H,1,11-12H2,2-4H3. The van der Waals surface area contributed by atoms with E-state index in [0.29, 0.717) is 22.6 Å². The van der Waals surface area contributed by atoms with Crippen LogP contribution in [0.25, 0.3) is 0 Å². The van der Waals surface area contributed by atoms with Crippen molar-refractivity contribution in [3.05, 3.63) is 43.0 Å². The Morgan fingerprint density at radius 2 is 1.93 bits per heavy atom. The van der Waals surface area contributed by atoms with E-state index in [0.717, 1.165) is 5.19 Å². The van der Waals surface area contributed by atoms with E-state index < -0.39 is 13.8 Å². The molecule has 2 aliphatic rings. The van der Waals surface area contributed by atoms with Gasteiger partial charge in [0.2, 0.25) is 14.2 Å².